The van der Waals surface area contributed by atoms with Crippen molar-refractivity contribution in [3.8, 4) is 0 Å². The number of carbonyl (C=O) groups excluding carboxylic acids is 4. The second-order valence-corrected chi connectivity index (χ2v) is 6.34. The minimum Gasteiger partial charge on any atom is -0.329 e. The molecule has 4 N–H and O–H groups in total. The summed E-state index contributed by atoms with van der Waals surface area (Å²) in [6, 6.07) is 4.23. The Hall–Kier alpha value is -2.58. The zero-order valence-corrected chi connectivity index (χ0v) is 13.9. The fourth-order valence-electron chi connectivity index (χ4n) is 3.00. The third kappa shape index (κ3) is 3.18. The number of nitrogens with zero attached hydrogens (tertiary/aromatic N) is 1. The van der Waals surface area contributed by atoms with Gasteiger partial charge in [-0.3, -0.25) is 29.4 Å². The third-order valence-electron chi connectivity index (χ3n) is 4.51. The number of imide groups is 2. The summed E-state index contributed by atoms with van der Waals surface area (Å²) in [7, 11) is 0. The molecule has 0 aliphatic carbocycles. The molecule has 0 saturated carbocycles. The molecule has 8 heteroatoms. The molecular weight excluding hydrogens is 324 g/mol. The molecule has 8 nitrogen and oxygen atoms in total. The number of nitrogens with two attached hydrogens (primary N) is 1. The van der Waals surface area contributed by atoms with Gasteiger partial charge in [-0.15, -0.1) is 0 Å². The van der Waals surface area contributed by atoms with Crippen LogP contribution in [-0.4, -0.2) is 47.2 Å². The maximum Gasteiger partial charge on any atom is 0.262 e. The van der Waals surface area contributed by atoms with Crippen molar-refractivity contribution in [3.05, 3.63) is 34.9 Å². The van der Waals surface area contributed by atoms with Gasteiger partial charge in [0.1, 0.15) is 6.04 Å². The van der Waals surface area contributed by atoms with Gasteiger partial charge in [-0.25, -0.2) is 0 Å². The first-order valence-electron chi connectivity index (χ1n) is 8.20. The Labute approximate surface area is 144 Å². The lowest BCUT2D eigenvalue weighted by molar-refractivity contribution is -0.136. The molecule has 2 aliphatic heterocycles. The van der Waals surface area contributed by atoms with Crippen LogP contribution in [0.25, 0.3) is 0 Å². The number of hydrogen-bond acceptors (Lipinski definition) is 6. The number of rotatable bonds is 5. The van der Waals surface area contributed by atoms with Crippen molar-refractivity contribution in [1.82, 2.24) is 15.5 Å². The van der Waals surface area contributed by atoms with Crippen molar-refractivity contribution in [3.63, 3.8) is 0 Å². The van der Waals surface area contributed by atoms with E-state index < -0.39 is 23.8 Å². The van der Waals surface area contributed by atoms with Crippen LogP contribution in [0.2, 0.25) is 0 Å². The Kier molecular flexibility index (Phi) is 4.65. The van der Waals surface area contributed by atoms with Crippen molar-refractivity contribution in [2.45, 2.75) is 38.4 Å². The van der Waals surface area contributed by atoms with Crippen molar-refractivity contribution in [2.24, 2.45) is 5.73 Å². The van der Waals surface area contributed by atoms with E-state index >= 15 is 0 Å². The lowest BCUT2D eigenvalue weighted by Gasteiger charge is -2.27. The number of nitrogens with one attached hydrogen (secondary N) is 2. The Bertz CT molecular complexity index is 761. The molecule has 1 aromatic carbocycles. The monoisotopic (exact) mass is 344 g/mol. The Morgan fingerprint density at radius 1 is 1.24 bits per heavy atom. The molecule has 1 saturated heterocycles. The quantitative estimate of drug-likeness (QED) is 0.621. The van der Waals surface area contributed by atoms with Crippen LogP contribution in [0.4, 0.5) is 0 Å². The molecule has 0 radical (unpaired) electrons. The van der Waals surface area contributed by atoms with Gasteiger partial charge in [0.25, 0.3) is 11.8 Å². The largest absolute Gasteiger partial charge is 0.329 e. The molecule has 132 valence electrons. The molecule has 2 aliphatic rings. The predicted octanol–water partition coefficient (Wildman–Crippen LogP) is -0.475. The molecule has 0 aromatic heterocycles. The lowest BCUT2D eigenvalue weighted by Crippen LogP contribution is -2.54. The highest BCUT2D eigenvalue weighted by Gasteiger charge is 2.44. The normalized spacial score (nSPS) is 21.4. The minimum absolute atomic E-state index is 0.107. The zero-order valence-electron chi connectivity index (χ0n) is 13.9. The number of fused-ring (bicyclic) bond motifs is 1. The van der Waals surface area contributed by atoms with Crippen molar-refractivity contribution < 1.29 is 19.2 Å². The second-order valence-electron chi connectivity index (χ2n) is 6.34. The molecule has 0 bridgehead atoms. The molecule has 3 rings (SSSR count). The van der Waals surface area contributed by atoms with Crippen LogP contribution in [0.15, 0.2) is 18.2 Å². The van der Waals surface area contributed by atoms with Crippen LogP contribution >= 0.6 is 0 Å². The van der Waals surface area contributed by atoms with Crippen molar-refractivity contribution >= 4 is 23.6 Å². The average Bonchev–Trinajstić information content (AvgIpc) is 2.84. The number of benzene rings is 1. The number of amides is 4. The van der Waals surface area contributed by atoms with Gasteiger partial charge in [0.2, 0.25) is 11.8 Å². The molecule has 2 atom stereocenters. The van der Waals surface area contributed by atoms with E-state index in [-0.39, 0.29) is 35.9 Å². The molecule has 1 unspecified atom stereocenters. The molecule has 1 fully saturated rings. The summed E-state index contributed by atoms with van der Waals surface area (Å²) in [5.74, 6) is -1.99. The minimum atomic E-state index is -0.941. The van der Waals surface area contributed by atoms with Gasteiger partial charge in [-0.2, -0.15) is 0 Å². The van der Waals surface area contributed by atoms with E-state index in [1.165, 1.54) is 0 Å². The van der Waals surface area contributed by atoms with Crippen LogP contribution in [-0.2, 0) is 16.1 Å². The first kappa shape index (κ1) is 17.2. The van der Waals surface area contributed by atoms with Gasteiger partial charge in [0, 0.05) is 25.6 Å². The summed E-state index contributed by atoms with van der Waals surface area (Å²) < 4.78 is 0. The van der Waals surface area contributed by atoms with E-state index in [1.807, 2.05) is 6.92 Å². The van der Waals surface area contributed by atoms with E-state index in [9.17, 15) is 19.2 Å². The second kappa shape index (κ2) is 6.73. The Balaban J connectivity index is 1.82. The summed E-state index contributed by atoms with van der Waals surface area (Å²) in [4.78, 5) is 49.5. The maximum atomic E-state index is 12.7. The van der Waals surface area contributed by atoms with Crippen LogP contribution in [0.3, 0.4) is 0 Å². The number of hydrogen-bond donors (Lipinski definition) is 3. The first-order chi connectivity index (χ1) is 11.9. The van der Waals surface area contributed by atoms with E-state index in [4.69, 9.17) is 5.73 Å². The SMILES string of the molecule is C[C@@H](CN)NCc1ccc2c(c1)C(=O)N(C1CCC(=O)NC1=O)C2=O. The molecule has 0 spiro atoms. The summed E-state index contributed by atoms with van der Waals surface area (Å²) in [5, 5.41) is 5.39. The van der Waals surface area contributed by atoms with Gasteiger partial charge in [0.05, 0.1) is 11.1 Å². The van der Waals surface area contributed by atoms with Gasteiger partial charge >= 0.3 is 0 Å². The number of carbonyl (C=O) groups is 4. The highest BCUT2D eigenvalue weighted by Crippen LogP contribution is 2.28. The van der Waals surface area contributed by atoms with Gasteiger partial charge in [0.15, 0.2) is 0 Å². The average molecular weight is 344 g/mol. The Morgan fingerprint density at radius 3 is 2.64 bits per heavy atom. The van der Waals surface area contributed by atoms with Crippen molar-refractivity contribution in [2.75, 3.05) is 6.54 Å². The van der Waals surface area contributed by atoms with Crippen LogP contribution < -0.4 is 16.4 Å². The van der Waals surface area contributed by atoms with E-state index in [0.29, 0.717) is 13.1 Å². The van der Waals surface area contributed by atoms with E-state index in [0.717, 1.165) is 10.5 Å². The molecule has 4 amide bonds. The molecule has 1 aromatic rings. The molecule has 2 heterocycles. The zero-order chi connectivity index (χ0) is 18.1. The summed E-state index contributed by atoms with van der Waals surface area (Å²) in [6.45, 7) is 2.96. The van der Waals surface area contributed by atoms with Crippen LogP contribution in [0, 0.1) is 0 Å². The van der Waals surface area contributed by atoms with Gasteiger partial charge < -0.3 is 11.1 Å². The number of piperidine rings is 1. The van der Waals surface area contributed by atoms with E-state index in [2.05, 4.69) is 10.6 Å². The maximum absolute atomic E-state index is 12.7. The first-order valence-corrected chi connectivity index (χ1v) is 8.20. The molecule has 25 heavy (non-hydrogen) atoms. The smallest absolute Gasteiger partial charge is 0.262 e. The highest BCUT2D eigenvalue weighted by atomic mass is 16.2. The predicted molar refractivity (Wildman–Crippen MR) is 88.5 cm³/mol. The van der Waals surface area contributed by atoms with Crippen LogP contribution in [0.1, 0.15) is 46.0 Å². The Morgan fingerprint density at radius 2 is 1.96 bits per heavy atom. The fourth-order valence-corrected chi connectivity index (χ4v) is 3.00. The lowest BCUT2D eigenvalue weighted by atomic mass is 10.0. The molecular formula is C17H20N4O4. The standard InChI is InChI=1S/C17H20N4O4/c1-9(7-18)19-8-10-2-3-11-12(6-10)17(25)21(16(11)24)13-4-5-14(22)20-15(13)23/h2-3,6,9,13,19H,4-5,7-8,18H2,1H3,(H,20,22,23)/t9-,13?/m0/s1. The topological polar surface area (TPSA) is 122 Å². The van der Waals surface area contributed by atoms with Crippen molar-refractivity contribution in [1.29, 1.82) is 0 Å². The summed E-state index contributed by atoms with van der Waals surface area (Å²) >= 11 is 0. The third-order valence-corrected chi connectivity index (χ3v) is 4.51. The highest BCUT2D eigenvalue weighted by molar-refractivity contribution is 6.23. The summed E-state index contributed by atoms with van der Waals surface area (Å²) in [6.07, 6.45) is 0.258. The van der Waals surface area contributed by atoms with Crippen LogP contribution in [0.5, 0.6) is 0 Å². The van der Waals surface area contributed by atoms with Gasteiger partial charge in [-0.05, 0) is 31.0 Å². The fraction of sp³-hybridized carbons (Fsp3) is 0.412. The van der Waals surface area contributed by atoms with E-state index in [1.54, 1.807) is 18.2 Å². The van der Waals surface area contributed by atoms with Gasteiger partial charge in [-0.1, -0.05) is 6.07 Å². The summed E-state index contributed by atoms with van der Waals surface area (Å²) in [5.41, 5.74) is 6.98.